The molecule has 2 amide bonds. The lowest BCUT2D eigenvalue weighted by Gasteiger charge is -2.18. The van der Waals surface area contributed by atoms with Crippen LogP contribution in [0.1, 0.15) is 52.7 Å². The Labute approximate surface area is 226 Å². The molecule has 3 N–H and O–H groups in total. The normalized spacial score (nSPS) is 11.6. The summed E-state index contributed by atoms with van der Waals surface area (Å²) in [6.45, 7) is 2.12. The van der Waals surface area contributed by atoms with Crippen LogP contribution in [0.4, 0.5) is 5.69 Å². The number of rotatable bonds is 10. The minimum absolute atomic E-state index is 0.0389. The first-order valence-electron chi connectivity index (χ1n) is 12.5. The zero-order valence-electron chi connectivity index (χ0n) is 21.0. The Morgan fingerprint density at radius 1 is 0.921 bits per heavy atom. The van der Waals surface area contributed by atoms with Crippen LogP contribution in [0.25, 0.3) is 10.8 Å². The minimum atomic E-state index is -0.861. The van der Waals surface area contributed by atoms with Gasteiger partial charge in [0.25, 0.3) is 5.91 Å². The van der Waals surface area contributed by atoms with E-state index in [0.29, 0.717) is 29.1 Å². The third-order valence-corrected chi connectivity index (χ3v) is 6.73. The molecule has 4 aromatic carbocycles. The molecule has 38 heavy (non-hydrogen) atoms. The van der Waals surface area contributed by atoms with E-state index in [1.165, 1.54) is 0 Å². The molecule has 0 aliphatic rings. The number of aryl methyl sites for hydroxylation is 1. The fourth-order valence-electron chi connectivity index (χ4n) is 4.42. The molecule has 4 aromatic rings. The highest BCUT2D eigenvalue weighted by atomic mass is 35.5. The molecule has 0 saturated carbocycles. The van der Waals surface area contributed by atoms with E-state index in [1.54, 1.807) is 24.3 Å². The van der Waals surface area contributed by atoms with Gasteiger partial charge in [0.05, 0.1) is 5.92 Å². The van der Waals surface area contributed by atoms with Crippen LogP contribution in [-0.2, 0) is 22.6 Å². The van der Waals surface area contributed by atoms with Crippen molar-refractivity contribution in [3.63, 3.8) is 0 Å². The average Bonchev–Trinajstić information content (AvgIpc) is 2.91. The Morgan fingerprint density at radius 3 is 2.47 bits per heavy atom. The van der Waals surface area contributed by atoms with Gasteiger partial charge in [-0.15, -0.1) is 0 Å². The number of aliphatic carboxylic acids is 1. The molecule has 0 radical (unpaired) electrons. The van der Waals surface area contributed by atoms with Crippen LogP contribution < -0.4 is 10.6 Å². The summed E-state index contributed by atoms with van der Waals surface area (Å²) in [5.74, 6) is -1.70. The van der Waals surface area contributed by atoms with Crippen molar-refractivity contribution in [2.45, 2.75) is 38.6 Å². The Bertz CT molecular complexity index is 1480. The number of benzene rings is 4. The molecule has 0 spiro atoms. The Morgan fingerprint density at radius 2 is 1.68 bits per heavy atom. The molecule has 0 saturated heterocycles. The van der Waals surface area contributed by atoms with Crippen molar-refractivity contribution in [3.05, 3.63) is 112 Å². The molecule has 7 heteroatoms. The van der Waals surface area contributed by atoms with Crippen molar-refractivity contribution >= 4 is 45.8 Å². The van der Waals surface area contributed by atoms with Crippen molar-refractivity contribution in [2.24, 2.45) is 0 Å². The van der Waals surface area contributed by atoms with Gasteiger partial charge >= 0.3 is 5.97 Å². The van der Waals surface area contributed by atoms with E-state index in [1.807, 2.05) is 67.6 Å². The third kappa shape index (κ3) is 6.78. The van der Waals surface area contributed by atoms with Crippen molar-refractivity contribution in [3.8, 4) is 0 Å². The van der Waals surface area contributed by atoms with Gasteiger partial charge in [-0.2, -0.15) is 0 Å². The molecule has 4 rings (SSSR count). The van der Waals surface area contributed by atoms with E-state index in [2.05, 4.69) is 10.6 Å². The monoisotopic (exact) mass is 528 g/mol. The van der Waals surface area contributed by atoms with E-state index in [4.69, 9.17) is 16.7 Å². The summed E-state index contributed by atoms with van der Waals surface area (Å²) in [5.41, 5.74) is 3.64. The standard InChI is InChI=1S/C31H29ClN2O4/c1-20(26-13-5-8-22-7-2-3-12-27(22)26)30(37)34-28-17-21(15-16-23(28)9-6-14-29(35)36)19-33-31(38)24-10-4-11-25(32)18-24/h2-5,7-8,10-13,15-18,20H,6,9,14,19H2,1H3,(H,33,38)(H,34,37)(H,35,36). The molecule has 0 aliphatic heterocycles. The summed E-state index contributed by atoms with van der Waals surface area (Å²) in [7, 11) is 0. The first kappa shape index (κ1) is 26.9. The molecule has 1 unspecified atom stereocenters. The number of amides is 2. The number of carboxylic acid groups (broad SMARTS) is 1. The fourth-order valence-corrected chi connectivity index (χ4v) is 4.61. The van der Waals surface area contributed by atoms with E-state index in [-0.39, 0.29) is 24.8 Å². The topological polar surface area (TPSA) is 95.5 Å². The predicted octanol–water partition coefficient (Wildman–Crippen LogP) is 6.57. The van der Waals surface area contributed by atoms with Crippen LogP contribution >= 0.6 is 11.6 Å². The number of nitrogens with one attached hydrogen (secondary N) is 2. The van der Waals surface area contributed by atoms with Gasteiger partial charge in [0.1, 0.15) is 0 Å². The van der Waals surface area contributed by atoms with Crippen molar-refractivity contribution < 1.29 is 19.5 Å². The molecule has 0 heterocycles. The van der Waals surface area contributed by atoms with Crippen molar-refractivity contribution in [1.29, 1.82) is 0 Å². The number of fused-ring (bicyclic) bond motifs is 1. The maximum atomic E-state index is 13.4. The van der Waals surface area contributed by atoms with Gasteiger partial charge in [0.15, 0.2) is 0 Å². The maximum absolute atomic E-state index is 13.4. The molecule has 6 nitrogen and oxygen atoms in total. The fraction of sp³-hybridized carbons (Fsp3) is 0.194. The summed E-state index contributed by atoms with van der Waals surface area (Å²) in [6.07, 6.45) is 0.985. The number of hydrogen-bond donors (Lipinski definition) is 3. The summed E-state index contributed by atoms with van der Waals surface area (Å²) >= 11 is 6.00. The van der Waals surface area contributed by atoms with Crippen LogP contribution in [-0.4, -0.2) is 22.9 Å². The molecular weight excluding hydrogens is 500 g/mol. The van der Waals surface area contributed by atoms with Gasteiger partial charge in [-0.3, -0.25) is 14.4 Å². The summed E-state index contributed by atoms with van der Waals surface area (Å²) in [6, 6.07) is 26.2. The Balaban J connectivity index is 1.54. The quantitative estimate of drug-likeness (QED) is 0.217. The lowest BCUT2D eigenvalue weighted by molar-refractivity contribution is -0.137. The number of halogens is 1. The van der Waals surface area contributed by atoms with Gasteiger partial charge in [-0.25, -0.2) is 0 Å². The van der Waals surface area contributed by atoms with Crippen molar-refractivity contribution in [1.82, 2.24) is 5.32 Å². The van der Waals surface area contributed by atoms with E-state index >= 15 is 0 Å². The second kappa shape index (κ2) is 12.4. The molecule has 0 fully saturated rings. The molecule has 1 atom stereocenters. The number of carboxylic acids is 1. The Kier molecular flexibility index (Phi) is 8.77. The highest BCUT2D eigenvalue weighted by molar-refractivity contribution is 6.30. The van der Waals surface area contributed by atoms with E-state index in [0.717, 1.165) is 27.5 Å². The van der Waals surface area contributed by atoms with Gasteiger partial charge in [0.2, 0.25) is 5.91 Å². The first-order valence-corrected chi connectivity index (χ1v) is 12.9. The van der Waals surface area contributed by atoms with Gasteiger partial charge < -0.3 is 15.7 Å². The molecule has 0 aliphatic carbocycles. The van der Waals surface area contributed by atoms with Gasteiger partial charge in [-0.1, -0.05) is 72.3 Å². The lowest BCUT2D eigenvalue weighted by atomic mass is 9.94. The second-order valence-electron chi connectivity index (χ2n) is 9.21. The minimum Gasteiger partial charge on any atom is -0.481 e. The molecular formula is C31H29ClN2O4. The number of carbonyl (C=O) groups excluding carboxylic acids is 2. The van der Waals surface area contributed by atoms with Crippen LogP contribution in [0.15, 0.2) is 84.9 Å². The molecule has 194 valence electrons. The van der Waals surface area contributed by atoms with Crippen LogP contribution in [0, 0.1) is 0 Å². The van der Waals surface area contributed by atoms with Crippen LogP contribution in [0.5, 0.6) is 0 Å². The number of carbonyl (C=O) groups is 3. The Hall–Kier alpha value is -4.16. The zero-order valence-corrected chi connectivity index (χ0v) is 21.8. The molecule has 0 aromatic heterocycles. The van der Waals surface area contributed by atoms with E-state index in [9.17, 15) is 14.4 Å². The first-order chi connectivity index (χ1) is 18.3. The van der Waals surface area contributed by atoms with Crippen LogP contribution in [0.2, 0.25) is 5.02 Å². The highest BCUT2D eigenvalue weighted by Crippen LogP contribution is 2.28. The second-order valence-corrected chi connectivity index (χ2v) is 9.65. The largest absolute Gasteiger partial charge is 0.481 e. The maximum Gasteiger partial charge on any atom is 0.303 e. The average molecular weight is 529 g/mol. The third-order valence-electron chi connectivity index (χ3n) is 6.49. The highest BCUT2D eigenvalue weighted by Gasteiger charge is 2.19. The SMILES string of the molecule is CC(C(=O)Nc1cc(CNC(=O)c2cccc(Cl)c2)ccc1CCCC(=O)O)c1cccc2ccccc12. The van der Waals surface area contributed by atoms with Gasteiger partial charge in [0, 0.05) is 29.2 Å². The van der Waals surface area contributed by atoms with Crippen LogP contribution in [0.3, 0.4) is 0 Å². The number of hydrogen-bond acceptors (Lipinski definition) is 3. The van der Waals surface area contributed by atoms with E-state index < -0.39 is 11.9 Å². The lowest BCUT2D eigenvalue weighted by Crippen LogP contribution is -2.23. The summed E-state index contributed by atoms with van der Waals surface area (Å²) in [4.78, 5) is 37.0. The zero-order chi connectivity index (χ0) is 27.1. The smallest absolute Gasteiger partial charge is 0.303 e. The number of anilines is 1. The van der Waals surface area contributed by atoms with Crippen molar-refractivity contribution in [2.75, 3.05) is 5.32 Å². The predicted molar refractivity (Wildman–Crippen MR) is 151 cm³/mol. The van der Waals surface area contributed by atoms with Gasteiger partial charge in [-0.05, 0) is 71.5 Å². The molecule has 0 bridgehead atoms. The summed E-state index contributed by atoms with van der Waals surface area (Å²) < 4.78 is 0. The summed E-state index contributed by atoms with van der Waals surface area (Å²) in [5, 5.41) is 17.6.